The van der Waals surface area contributed by atoms with Crippen LogP contribution in [0, 0.1) is 27.7 Å². The van der Waals surface area contributed by atoms with E-state index in [-0.39, 0.29) is 70.1 Å². The van der Waals surface area contributed by atoms with Crippen molar-refractivity contribution in [2.45, 2.75) is 90.3 Å². The number of anilines is 2. The van der Waals surface area contributed by atoms with Gasteiger partial charge in [0.05, 0.1) is 37.9 Å². The van der Waals surface area contributed by atoms with Crippen molar-refractivity contribution in [1.29, 1.82) is 0 Å². The minimum Gasteiger partial charge on any atom is -0.870 e. The molecule has 5 N–H and O–H groups in total. The molecule has 0 radical (unpaired) electrons. The summed E-state index contributed by atoms with van der Waals surface area (Å²) < 4.78 is 20.2. The van der Waals surface area contributed by atoms with Crippen LogP contribution in [0.2, 0.25) is 10.0 Å². The first-order valence-electron chi connectivity index (χ1n) is 24.4. The fourth-order valence-electron chi connectivity index (χ4n) is 9.21. The number of ether oxygens (including phenoxy) is 2. The molecule has 2 heterocycles. The number of nitrogens with one attached hydrogen (secondary N) is 2. The number of hydrogen-bond acceptors (Lipinski definition) is 12. The number of carboxylic acid groups (broad SMARTS) is 1. The van der Waals surface area contributed by atoms with Crippen LogP contribution in [0.1, 0.15) is 96.5 Å². The second kappa shape index (κ2) is 27.5. The van der Waals surface area contributed by atoms with Gasteiger partial charge in [0.1, 0.15) is 12.2 Å². The molecular weight excluding hydrogens is 1100 g/mol. The molecule has 10 rings (SSSR count). The number of aromatic nitrogens is 2. The first-order valence-corrected chi connectivity index (χ1v) is 26.7. The van der Waals surface area contributed by atoms with Gasteiger partial charge in [0.2, 0.25) is 0 Å². The molecular formula is C60H55Cl2N4Na2O9S2-. The number of aliphatic carboxylic acids is 1. The van der Waals surface area contributed by atoms with E-state index in [4.69, 9.17) is 32.7 Å². The molecule has 79 heavy (non-hydrogen) atoms. The molecule has 2 amide bonds. The molecule has 2 aliphatic carbocycles. The van der Waals surface area contributed by atoms with Gasteiger partial charge in [-0.15, -0.1) is 5.41 Å². The standard InChI is InChI=1S/C30H27ClN2O4S.C30H26ClN2O3S.2Na.2H2O/c1-17-16-21(20-8-11-22(12-9-20)30(14-15-30)28(34)35)10-13-23(17)27-26(18(2)33-38-27)32-29(36)37-19(3)24-6-4-5-7-25(24)31;1-18-16-22(21-8-11-23(12-9-21)30(17-34)14-15-30)10-13-24(18)28-27(19(2)33-37-28)32-29(35)36-20(3)25-6-4-5-7-26(25)31;;;;/h4-13,16,19H,14-15H2,1-3H3,(H,32,36)(H,34,35);4-13,16,20H,14-15H2,1-3H3,(H,32,35);;;2*1H2/q;-1;2*+1;;/p-2/t19-;20-;;;;/m11..../s1. The van der Waals surface area contributed by atoms with E-state index in [0.717, 1.165) is 95.1 Å². The van der Waals surface area contributed by atoms with Gasteiger partial charge in [-0.1, -0.05) is 163 Å². The van der Waals surface area contributed by atoms with Crippen LogP contribution in [0.25, 0.3) is 43.1 Å². The Bertz CT molecular complexity index is 3480. The number of aryl methyl sites for hydroxylation is 4. The second-order valence-electron chi connectivity index (χ2n) is 19.1. The molecule has 0 aliphatic heterocycles. The van der Waals surface area contributed by atoms with Crippen molar-refractivity contribution in [2.24, 2.45) is 0 Å². The van der Waals surface area contributed by atoms with E-state index < -0.39 is 41.2 Å². The van der Waals surface area contributed by atoms with Crippen LogP contribution in [0.5, 0.6) is 0 Å². The van der Waals surface area contributed by atoms with Gasteiger partial charge in [0.15, 0.2) is 0 Å². The summed E-state index contributed by atoms with van der Waals surface area (Å²) in [7, 11) is 0. The molecule has 0 unspecified atom stereocenters. The van der Waals surface area contributed by atoms with Crippen molar-refractivity contribution in [3.63, 3.8) is 0 Å². The Morgan fingerprint density at radius 2 is 0.962 bits per heavy atom. The monoisotopic (exact) mass is 1160 g/mol. The van der Waals surface area contributed by atoms with Crippen LogP contribution in [0.15, 0.2) is 133 Å². The van der Waals surface area contributed by atoms with E-state index in [1.165, 1.54) is 23.1 Å². The number of nitrogens with zero attached hydrogens (tertiary/aromatic N) is 2. The third-order valence-corrected chi connectivity index (χ3v) is 16.7. The molecule has 8 aromatic rings. The summed E-state index contributed by atoms with van der Waals surface area (Å²) in [6.45, 7) is 11.3. The minimum absolute atomic E-state index is 0. The van der Waals surface area contributed by atoms with Gasteiger partial charge >= 0.3 is 77.3 Å². The predicted molar refractivity (Wildman–Crippen MR) is 304 cm³/mol. The van der Waals surface area contributed by atoms with Gasteiger partial charge in [-0.05, 0) is 140 Å². The Balaban J connectivity index is 0.000000277. The van der Waals surface area contributed by atoms with Crippen LogP contribution < -0.4 is 69.7 Å². The van der Waals surface area contributed by atoms with E-state index in [1.807, 2.05) is 113 Å². The molecule has 398 valence electrons. The zero-order valence-corrected chi connectivity index (χ0v) is 52.1. The summed E-state index contributed by atoms with van der Waals surface area (Å²) in [5, 5.41) is 16.4. The average Bonchev–Trinajstić information content (AvgIpc) is 4.36. The Morgan fingerprint density at radius 1 is 0.582 bits per heavy atom. The number of carbonyl (C=O) groups is 3. The molecule has 6 aromatic carbocycles. The third kappa shape index (κ3) is 14.3. The van der Waals surface area contributed by atoms with Crippen molar-refractivity contribution in [2.75, 3.05) is 10.6 Å². The van der Waals surface area contributed by atoms with Crippen LogP contribution >= 0.6 is 46.3 Å². The fourth-order valence-corrected chi connectivity index (χ4v) is 11.7. The van der Waals surface area contributed by atoms with Gasteiger partial charge < -0.3 is 30.3 Å². The van der Waals surface area contributed by atoms with Crippen molar-refractivity contribution in [3.05, 3.63) is 188 Å². The van der Waals surface area contributed by atoms with Crippen molar-refractivity contribution < 1.29 is 104 Å². The molecule has 0 bridgehead atoms. The molecule has 2 aromatic heterocycles. The predicted octanol–water partition coefficient (Wildman–Crippen LogP) is 10.0. The first kappa shape index (κ1) is 64.6. The normalized spacial score (nSPS) is 13.8. The molecule has 2 fully saturated rings. The molecule has 19 heteroatoms. The van der Waals surface area contributed by atoms with Crippen molar-refractivity contribution in [1.82, 2.24) is 8.75 Å². The van der Waals surface area contributed by atoms with Gasteiger partial charge in [0.25, 0.3) is 0 Å². The van der Waals surface area contributed by atoms with E-state index in [1.54, 1.807) is 26.0 Å². The van der Waals surface area contributed by atoms with Crippen molar-refractivity contribution in [3.8, 4) is 43.1 Å². The van der Waals surface area contributed by atoms with Gasteiger partial charge in [-0.25, -0.2) is 9.59 Å². The maximum absolute atomic E-state index is 12.8. The van der Waals surface area contributed by atoms with Crippen LogP contribution in [-0.4, -0.2) is 49.2 Å². The topological polar surface area (TPSA) is 217 Å². The summed E-state index contributed by atoms with van der Waals surface area (Å²) in [5.41, 5.74) is 13.2. The molecule has 0 spiro atoms. The molecule has 2 atom stereocenters. The zero-order chi connectivity index (χ0) is 53.2. The SMILES string of the molecule is Cc1cc(-c2ccc(C3(C(=O)O)CC3)cc2)ccc1-c1snc(C)c1NC(=O)O[C@H](C)c1ccccc1Cl.Cc1cc(-c2ccc(C3([C-]=O)CC3)cc2)ccc1-c1snc(C)c1NC(=O)O[C@H](C)c1ccccc1Cl.[Na+].[Na+].[OH-].[OH-]. The smallest absolute Gasteiger partial charge is 0.870 e. The summed E-state index contributed by atoms with van der Waals surface area (Å²) in [5.74, 6) is -0.753. The number of carboxylic acids is 1. The second-order valence-corrected chi connectivity index (χ2v) is 21.5. The van der Waals surface area contributed by atoms with E-state index >= 15 is 0 Å². The van der Waals surface area contributed by atoms with E-state index in [0.29, 0.717) is 40.0 Å². The number of halogens is 2. The molecule has 2 aliphatic rings. The molecule has 13 nitrogen and oxygen atoms in total. The van der Waals surface area contributed by atoms with Gasteiger partial charge in [-0.3, -0.25) is 21.7 Å². The van der Waals surface area contributed by atoms with Crippen LogP contribution in [0.3, 0.4) is 0 Å². The summed E-state index contributed by atoms with van der Waals surface area (Å²) >= 11 is 15.2. The number of hydrogen-bond donors (Lipinski definition) is 3. The Labute approximate surface area is 522 Å². The molecule has 0 saturated heterocycles. The number of carbonyl (C=O) groups excluding carboxylic acids is 3. The van der Waals surface area contributed by atoms with Crippen LogP contribution in [-0.2, 0) is 29.9 Å². The fraction of sp³-hybridized carbons (Fsp3) is 0.233. The number of rotatable bonds is 14. The average molecular weight is 1160 g/mol. The van der Waals surface area contributed by atoms with Crippen molar-refractivity contribution >= 4 is 82.1 Å². The maximum Gasteiger partial charge on any atom is 1.00 e. The largest absolute Gasteiger partial charge is 1.00 e. The Morgan fingerprint density at radius 3 is 1.30 bits per heavy atom. The minimum atomic E-state index is -0.753. The number of benzene rings is 6. The van der Waals surface area contributed by atoms with Crippen LogP contribution in [0.4, 0.5) is 21.0 Å². The molecule has 2 saturated carbocycles. The quantitative estimate of drug-likeness (QED) is 0.0688. The van der Waals surface area contributed by atoms with E-state index in [2.05, 4.69) is 62.1 Å². The third-order valence-electron chi connectivity index (χ3n) is 14.0. The number of amides is 2. The Kier molecular flexibility index (Phi) is 22.5. The van der Waals surface area contributed by atoms with Gasteiger partial charge in [-0.2, -0.15) is 8.75 Å². The van der Waals surface area contributed by atoms with E-state index in [9.17, 15) is 24.3 Å². The summed E-state index contributed by atoms with van der Waals surface area (Å²) in [6, 6.07) is 42.9. The Hall–Kier alpha value is -5.24. The summed E-state index contributed by atoms with van der Waals surface area (Å²) in [6.07, 6.45) is 3.17. The first-order chi connectivity index (χ1) is 36.0. The summed E-state index contributed by atoms with van der Waals surface area (Å²) in [4.78, 5) is 50.2. The van der Waals surface area contributed by atoms with Gasteiger partial charge in [0, 0.05) is 21.2 Å². The zero-order valence-electron chi connectivity index (χ0n) is 44.9. The maximum atomic E-state index is 12.8.